The predicted molar refractivity (Wildman–Crippen MR) is 79.2 cm³/mol. The van der Waals surface area contributed by atoms with Crippen LogP contribution in [0.2, 0.25) is 0 Å². The highest BCUT2D eigenvalue weighted by atomic mass is 32.2. The first-order valence-electron chi connectivity index (χ1n) is 6.38. The zero-order valence-corrected chi connectivity index (χ0v) is 12.5. The van der Waals surface area contributed by atoms with Crippen LogP contribution in [0.25, 0.3) is 6.08 Å². The van der Waals surface area contributed by atoms with Crippen LogP contribution in [-0.2, 0) is 15.6 Å². The van der Waals surface area contributed by atoms with Crippen molar-refractivity contribution in [1.82, 2.24) is 0 Å². The van der Waals surface area contributed by atoms with Gasteiger partial charge in [-0.15, -0.1) is 0 Å². The molecule has 0 aliphatic rings. The molecule has 0 bridgehead atoms. The van der Waals surface area contributed by atoms with Crippen LogP contribution in [0.3, 0.4) is 0 Å². The lowest BCUT2D eigenvalue weighted by molar-refractivity contribution is 0.540. The number of benzene rings is 2. The first-order valence-corrected chi connectivity index (χ1v) is 8.09. The third kappa shape index (κ3) is 4.21. The van der Waals surface area contributed by atoms with Crippen LogP contribution < -0.4 is 0 Å². The Hall–Kier alpha value is -2.08. The van der Waals surface area contributed by atoms with E-state index in [-0.39, 0.29) is 5.75 Å². The minimum atomic E-state index is -3.70. The molecule has 2 aromatic rings. The van der Waals surface area contributed by atoms with E-state index in [0.29, 0.717) is 17.7 Å². The minimum absolute atomic E-state index is 0.284. The Morgan fingerprint density at radius 1 is 1.00 bits per heavy atom. The van der Waals surface area contributed by atoms with Crippen molar-refractivity contribution >= 4 is 15.9 Å². The van der Waals surface area contributed by atoms with Crippen molar-refractivity contribution in [3.63, 3.8) is 0 Å². The lowest BCUT2D eigenvalue weighted by Gasteiger charge is -2.02. The summed E-state index contributed by atoms with van der Waals surface area (Å²) >= 11 is 0. The molecule has 2 aromatic carbocycles. The molecule has 0 radical (unpaired) electrons. The van der Waals surface area contributed by atoms with Crippen molar-refractivity contribution in [2.75, 3.05) is 0 Å². The molecule has 2 nitrogen and oxygen atoms in total. The van der Waals surface area contributed by atoms with Gasteiger partial charge in [0, 0.05) is 23.1 Å². The summed E-state index contributed by atoms with van der Waals surface area (Å²) in [4.78, 5) is 0. The molecule has 0 spiro atoms. The number of hydrogen-bond acceptors (Lipinski definition) is 2. The second kappa shape index (κ2) is 6.36. The van der Waals surface area contributed by atoms with Gasteiger partial charge in [0.05, 0.1) is 5.75 Å². The molecular weight excluding hydrogens is 313 g/mol. The first-order chi connectivity index (χ1) is 10.3. The number of rotatable bonds is 4. The van der Waals surface area contributed by atoms with Gasteiger partial charge in [0.2, 0.25) is 0 Å². The Balaban J connectivity index is 2.23. The van der Waals surface area contributed by atoms with Crippen LogP contribution >= 0.6 is 0 Å². The maximum Gasteiger partial charge on any atom is 0.175 e. The predicted octanol–water partition coefficient (Wildman–Crippen LogP) is 4.00. The Morgan fingerprint density at radius 3 is 2.09 bits per heavy atom. The number of halogens is 3. The molecule has 0 aromatic heterocycles. The summed E-state index contributed by atoms with van der Waals surface area (Å²) < 4.78 is 63.5. The SMILES string of the molecule is Cc1ccc(CS(=O)(=O)/C=C\c2c(F)cc(F)cc2F)cc1. The largest absolute Gasteiger partial charge is 0.224 e. The molecular formula is C16H13F3O2S. The van der Waals surface area contributed by atoms with E-state index in [1.807, 2.05) is 6.92 Å². The molecule has 6 heteroatoms. The molecule has 0 N–H and O–H groups in total. The fourth-order valence-corrected chi connectivity index (χ4v) is 2.95. The highest BCUT2D eigenvalue weighted by Crippen LogP contribution is 2.18. The van der Waals surface area contributed by atoms with Crippen LogP contribution in [0.1, 0.15) is 16.7 Å². The van der Waals surface area contributed by atoms with Crippen LogP contribution in [0.15, 0.2) is 41.8 Å². The van der Waals surface area contributed by atoms with Crippen molar-refractivity contribution < 1.29 is 21.6 Å². The highest BCUT2D eigenvalue weighted by Gasteiger charge is 2.12. The van der Waals surface area contributed by atoms with E-state index in [1.54, 1.807) is 24.3 Å². The van der Waals surface area contributed by atoms with Crippen molar-refractivity contribution in [3.8, 4) is 0 Å². The molecule has 0 heterocycles. The molecule has 0 saturated heterocycles. The summed E-state index contributed by atoms with van der Waals surface area (Å²) in [5.74, 6) is -3.65. The molecule has 116 valence electrons. The zero-order chi connectivity index (χ0) is 16.3. The smallest absolute Gasteiger partial charge is 0.175 e. The van der Waals surface area contributed by atoms with Crippen LogP contribution in [0.5, 0.6) is 0 Å². The van der Waals surface area contributed by atoms with E-state index < -0.39 is 32.9 Å². The Labute approximate surface area is 126 Å². The second-order valence-electron chi connectivity index (χ2n) is 4.88. The van der Waals surface area contributed by atoms with Crippen LogP contribution in [-0.4, -0.2) is 8.42 Å². The van der Waals surface area contributed by atoms with Gasteiger partial charge < -0.3 is 0 Å². The van der Waals surface area contributed by atoms with Crippen molar-refractivity contribution in [2.24, 2.45) is 0 Å². The van der Waals surface area contributed by atoms with Crippen LogP contribution in [0, 0.1) is 24.4 Å². The molecule has 0 fully saturated rings. The van der Waals surface area contributed by atoms with Gasteiger partial charge in [-0.05, 0) is 18.6 Å². The molecule has 0 aliphatic heterocycles. The maximum absolute atomic E-state index is 13.4. The van der Waals surface area contributed by atoms with E-state index >= 15 is 0 Å². The fraction of sp³-hybridized carbons (Fsp3) is 0.125. The Bertz CT molecular complexity index is 787. The van der Waals surface area contributed by atoms with Gasteiger partial charge in [-0.3, -0.25) is 0 Å². The standard InChI is InChI=1S/C16H13F3O2S/c1-11-2-4-12(5-3-11)10-22(20,21)7-6-14-15(18)8-13(17)9-16(14)19/h2-9H,10H2,1H3/b7-6-. The average Bonchev–Trinajstić information content (AvgIpc) is 2.40. The molecule has 2 rings (SSSR count). The molecule has 0 amide bonds. The van der Waals surface area contributed by atoms with Crippen LogP contribution in [0.4, 0.5) is 13.2 Å². The van der Waals surface area contributed by atoms with E-state index in [9.17, 15) is 21.6 Å². The Kier molecular flexibility index (Phi) is 4.71. The van der Waals surface area contributed by atoms with Gasteiger partial charge in [0.15, 0.2) is 9.84 Å². The van der Waals surface area contributed by atoms with E-state index in [4.69, 9.17) is 0 Å². The van der Waals surface area contributed by atoms with Crippen molar-refractivity contribution in [1.29, 1.82) is 0 Å². The molecule has 0 saturated carbocycles. The zero-order valence-electron chi connectivity index (χ0n) is 11.7. The van der Waals surface area contributed by atoms with Crippen molar-refractivity contribution in [2.45, 2.75) is 12.7 Å². The molecule has 0 aliphatic carbocycles. The van der Waals surface area contributed by atoms with Gasteiger partial charge in [-0.25, -0.2) is 21.6 Å². The summed E-state index contributed by atoms with van der Waals surface area (Å²) in [7, 11) is -3.70. The summed E-state index contributed by atoms with van der Waals surface area (Å²) in [6, 6.07) is 7.87. The van der Waals surface area contributed by atoms with Gasteiger partial charge in [0.25, 0.3) is 0 Å². The lowest BCUT2D eigenvalue weighted by atomic mass is 10.2. The number of sulfone groups is 1. The Morgan fingerprint density at radius 2 is 1.55 bits per heavy atom. The van der Waals surface area contributed by atoms with E-state index in [2.05, 4.69) is 0 Å². The summed E-state index contributed by atoms with van der Waals surface area (Å²) in [5, 5.41) is 0.728. The van der Waals surface area contributed by atoms with Gasteiger partial charge in [0.1, 0.15) is 17.5 Å². The van der Waals surface area contributed by atoms with E-state index in [0.717, 1.165) is 17.0 Å². The first kappa shape index (κ1) is 16.3. The molecule has 0 unspecified atom stereocenters. The molecule has 0 atom stereocenters. The second-order valence-corrected chi connectivity index (χ2v) is 6.77. The van der Waals surface area contributed by atoms with E-state index in [1.165, 1.54) is 0 Å². The van der Waals surface area contributed by atoms with Gasteiger partial charge in [-0.2, -0.15) is 0 Å². The fourth-order valence-electron chi connectivity index (χ4n) is 1.85. The highest BCUT2D eigenvalue weighted by molar-refractivity contribution is 7.93. The normalized spacial score (nSPS) is 12.0. The van der Waals surface area contributed by atoms with Crippen molar-refractivity contribution in [3.05, 3.63) is 75.9 Å². The summed E-state index contributed by atoms with van der Waals surface area (Å²) in [6.45, 7) is 1.87. The third-order valence-electron chi connectivity index (χ3n) is 2.97. The van der Waals surface area contributed by atoms with Gasteiger partial charge >= 0.3 is 0 Å². The summed E-state index contributed by atoms with van der Waals surface area (Å²) in [6.07, 6.45) is 0.799. The monoisotopic (exact) mass is 326 g/mol. The number of aryl methyl sites for hydroxylation is 1. The lowest BCUT2D eigenvalue weighted by Crippen LogP contribution is -2.00. The topological polar surface area (TPSA) is 34.1 Å². The van der Waals surface area contributed by atoms with Gasteiger partial charge in [-0.1, -0.05) is 29.8 Å². The quantitative estimate of drug-likeness (QED) is 0.851. The number of hydrogen-bond donors (Lipinski definition) is 0. The average molecular weight is 326 g/mol. The summed E-state index contributed by atoms with van der Waals surface area (Å²) in [5.41, 5.74) is 0.969. The molecule has 22 heavy (non-hydrogen) atoms. The maximum atomic E-state index is 13.4. The third-order valence-corrected chi connectivity index (χ3v) is 4.26. The minimum Gasteiger partial charge on any atom is -0.224 e.